The number of carbonyl (C=O) groups is 1. The van der Waals surface area contributed by atoms with Crippen molar-refractivity contribution in [1.29, 1.82) is 0 Å². The predicted molar refractivity (Wildman–Crippen MR) is 79.1 cm³/mol. The fourth-order valence-electron chi connectivity index (χ4n) is 4.82. The highest BCUT2D eigenvalue weighted by Crippen LogP contribution is 2.56. The first-order chi connectivity index (χ1) is 8.48. The standard InChI is InChI=1S/C15H26N2O.ClH/c1-15(2,8-16)17-14(18)13-11-4-9-3-10(6-11)7-12(13)5-9;/h9-13H,3-8,16H2,1-2H3,(H,17,18);1H. The summed E-state index contributed by atoms with van der Waals surface area (Å²) in [5.41, 5.74) is 5.46. The summed E-state index contributed by atoms with van der Waals surface area (Å²) in [5.74, 6) is 3.74. The molecule has 1 amide bonds. The first kappa shape index (κ1) is 15.1. The van der Waals surface area contributed by atoms with Gasteiger partial charge in [-0.05, 0) is 69.6 Å². The van der Waals surface area contributed by atoms with E-state index in [1.165, 1.54) is 32.1 Å². The van der Waals surface area contributed by atoms with Crippen molar-refractivity contribution in [2.45, 2.75) is 51.5 Å². The summed E-state index contributed by atoms with van der Waals surface area (Å²) >= 11 is 0. The number of rotatable bonds is 3. The fourth-order valence-corrected chi connectivity index (χ4v) is 4.82. The van der Waals surface area contributed by atoms with Gasteiger partial charge in [-0.1, -0.05) is 0 Å². The molecule has 4 saturated carbocycles. The number of hydrogen-bond acceptors (Lipinski definition) is 2. The third kappa shape index (κ3) is 2.78. The molecule has 0 aromatic rings. The van der Waals surface area contributed by atoms with E-state index in [2.05, 4.69) is 5.32 Å². The molecule has 19 heavy (non-hydrogen) atoms. The molecule has 0 atom stereocenters. The van der Waals surface area contributed by atoms with Crippen LogP contribution in [0, 0.1) is 29.6 Å². The van der Waals surface area contributed by atoms with Crippen molar-refractivity contribution in [3.05, 3.63) is 0 Å². The van der Waals surface area contributed by atoms with Crippen molar-refractivity contribution in [2.75, 3.05) is 6.54 Å². The lowest BCUT2D eigenvalue weighted by Gasteiger charge is -2.54. The number of amides is 1. The van der Waals surface area contributed by atoms with Crippen molar-refractivity contribution in [1.82, 2.24) is 5.32 Å². The van der Waals surface area contributed by atoms with Gasteiger partial charge in [0.1, 0.15) is 0 Å². The molecule has 4 aliphatic rings. The van der Waals surface area contributed by atoms with Crippen LogP contribution in [0.15, 0.2) is 0 Å². The Bertz CT molecular complexity index is 328. The molecule has 4 aliphatic carbocycles. The summed E-state index contributed by atoms with van der Waals surface area (Å²) in [4.78, 5) is 12.5. The largest absolute Gasteiger partial charge is 0.350 e. The molecule has 4 bridgehead atoms. The molecule has 0 radical (unpaired) electrons. The molecule has 0 aromatic carbocycles. The SMILES string of the molecule is CC(C)(CN)NC(=O)C1C2CC3CC(C2)CC1C3.Cl. The third-order valence-corrected chi connectivity index (χ3v) is 5.50. The van der Waals surface area contributed by atoms with Crippen molar-refractivity contribution < 1.29 is 4.79 Å². The van der Waals surface area contributed by atoms with Crippen LogP contribution in [0.25, 0.3) is 0 Å². The van der Waals surface area contributed by atoms with E-state index in [4.69, 9.17) is 5.73 Å². The molecule has 0 saturated heterocycles. The second-order valence-corrected chi connectivity index (χ2v) is 7.53. The number of halogens is 1. The summed E-state index contributed by atoms with van der Waals surface area (Å²) in [6.45, 7) is 4.54. The number of hydrogen-bond donors (Lipinski definition) is 2. The Morgan fingerprint density at radius 2 is 1.58 bits per heavy atom. The molecule has 0 heterocycles. The van der Waals surface area contributed by atoms with Crippen LogP contribution in [-0.4, -0.2) is 18.0 Å². The van der Waals surface area contributed by atoms with Gasteiger partial charge in [0.2, 0.25) is 5.91 Å². The van der Waals surface area contributed by atoms with Crippen LogP contribution in [0.3, 0.4) is 0 Å². The molecule has 0 unspecified atom stereocenters. The molecule has 0 aliphatic heterocycles. The van der Waals surface area contributed by atoms with E-state index < -0.39 is 0 Å². The zero-order valence-electron chi connectivity index (χ0n) is 12.0. The van der Waals surface area contributed by atoms with E-state index in [9.17, 15) is 4.79 Å². The van der Waals surface area contributed by atoms with E-state index in [0.29, 0.717) is 18.4 Å². The van der Waals surface area contributed by atoms with Crippen molar-refractivity contribution in [2.24, 2.45) is 35.3 Å². The van der Waals surface area contributed by atoms with Crippen LogP contribution in [-0.2, 0) is 4.79 Å². The van der Waals surface area contributed by atoms with Crippen molar-refractivity contribution in [3.8, 4) is 0 Å². The number of nitrogens with two attached hydrogens (primary N) is 1. The van der Waals surface area contributed by atoms with E-state index >= 15 is 0 Å². The molecule has 110 valence electrons. The van der Waals surface area contributed by atoms with Gasteiger partial charge in [-0.25, -0.2) is 0 Å². The average molecular weight is 287 g/mol. The lowest BCUT2D eigenvalue weighted by atomic mass is 9.51. The van der Waals surface area contributed by atoms with E-state index in [1.807, 2.05) is 13.8 Å². The molecule has 4 heteroatoms. The van der Waals surface area contributed by atoms with Crippen LogP contribution in [0.5, 0.6) is 0 Å². The van der Waals surface area contributed by atoms with Crippen molar-refractivity contribution in [3.63, 3.8) is 0 Å². The van der Waals surface area contributed by atoms with Gasteiger partial charge in [-0.2, -0.15) is 0 Å². The van der Waals surface area contributed by atoms with E-state index in [1.54, 1.807) is 0 Å². The number of nitrogens with one attached hydrogen (secondary N) is 1. The van der Waals surface area contributed by atoms with Crippen LogP contribution in [0.1, 0.15) is 46.0 Å². The Balaban J connectivity index is 0.00000133. The Hall–Kier alpha value is -0.280. The highest BCUT2D eigenvalue weighted by Gasteiger charge is 2.51. The first-order valence-corrected chi connectivity index (χ1v) is 7.50. The maximum absolute atomic E-state index is 12.5. The lowest BCUT2D eigenvalue weighted by molar-refractivity contribution is -0.139. The monoisotopic (exact) mass is 286 g/mol. The molecule has 3 N–H and O–H groups in total. The molecular weight excluding hydrogens is 260 g/mol. The van der Waals surface area contributed by atoms with Gasteiger partial charge < -0.3 is 11.1 Å². The molecule has 3 nitrogen and oxygen atoms in total. The van der Waals surface area contributed by atoms with Crippen LogP contribution < -0.4 is 11.1 Å². The highest BCUT2D eigenvalue weighted by atomic mass is 35.5. The zero-order valence-corrected chi connectivity index (χ0v) is 12.8. The summed E-state index contributed by atoms with van der Waals surface area (Å²) in [6, 6.07) is 0. The quantitative estimate of drug-likeness (QED) is 0.837. The molecule has 4 fully saturated rings. The van der Waals surface area contributed by atoms with Gasteiger partial charge in [0, 0.05) is 18.0 Å². The minimum Gasteiger partial charge on any atom is -0.350 e. The fraction of sp³-hybridized carbons (Fsp3) is 0.933. The van der Waals surface area contributed by atoms with Gasteiger partial charge >= 0.3 is 0 Å². The van der Waals surface area contributed by atoms with Gasteiger partial charge in [0.15, 0.2) is 0 Å². The molecule has 0 spiro atoms. The van der Waals surface area contributed by atoms with Crippen LogP contribution in [0.4, 0.5) is 0 Å². The van der Waals surface area contributed by atoms with E-state index in [0.717, 1.165) is 11.8 Å². The second kappa shape index (κ2) is 5.25. The third-order valence-electron chi connectivity index (χ3n) is 5.50. The summed E-state index contributed by atoms with van der Waals surface area (Å²) in [6.07, 6.45) is 6.64. The minimum absolute atomic E-state index is 0. The summed E-state index contributed by atoms with van der Waals surface area (Å²) in [7, 11) is 0. The van der Waals surface area contributed by atoms with Gasteiger partial charge in [0.25, 0.3) is 0 Å². The van der Waals surface area contributed by atoms with Gasteiger partial charge in [-0.15, -0.1) is 12.4 Å². The van der Waals surface area contributed by atoms with Gasteiger partial charge in [-0.3, -0.25) is 4.79 Å². The smallest absolute Gasteiger partial charge is 0.224 e. The van der Waals surface area contributed by atoms with Crippen LogP contribution >= 0.6 is 12.4 Å². The Morgan fingerprint density at radius 3 is 2.00 bits per heavy atom. The summed E-state index contributed by atoms with van der Waals surface area (Å²) < 4.78 is 0. The molecule has 0 aromatic heterocycles. The van der Waals surface area contributed by atoms with E-state index in [-0.39, 0.29) is 29.8 Å². The lowest BCUT2D eigenvalue weighted by Crippen LogP contribution is -2.56. The first-order valence-electron chi connectivity index (χ1n) is 7.50. The normalized spacial score (nSPS) is 39.8. The molecule has 4 rings (SSSR count). The Kier molecular flexibility index (Phi) is 4.18. The number of carbonyl (C=O) groups excluding carboxylic acids is 1. The zero-order chi connectivity index (χ0) is 12.9. The average Bonchev–Trinajstić information content (AvgIpc) is 2.26. The maximum Gasteiger partial charge on any atom is 0.224 e. The topological polar surface area (TPSA) is 55.1 Å². The van der Waals surface area contributed by atoms with Gasteiger partial charge in [0.05, 0.1) is 0 Å². The Morgan fingerprint density at radius 1 is 1.11 bits per heavy atom. The maximum atomic E-state index is 12.5. The minimum atomic E-state index is -0.258. The Labute approximate surface area is 122 Å². The van der Waals surface area contributed by atoms with Crippen LogP contribution in [0.2, 0.25) is 0 Å². The highest BCUT2D eigenvalue weighted by molar-refractivity contribution is 5.85. The predicted octanol–water partition coefficient (Wildman–Crippen LogP) is 2.33. The summed E-state index contributed by atoms with van der Waals surface area (Å²) in [5, 5.41) is 3.17. The van der Waals surface area contributed by atoms with Crippen molar-refractivity contribution >= 4 is 18.3 Å². The second-order valence-electron chi connectivity index (χ2n) is 7.53. The molecular formula is C15H27ClN2O.